The molecule has 3 rings (SSSR count). The first-order chi connectivity index (χ1) is 11.4. The second kappa shape index (κ2) is 6.57. The average Bonchev–Trinajstić information content (AvgIpc) is 2.58. The number of para-hydroxylation sites is 1. The first-order valence-corrected chi connectivity index (χ1v) is 9.71. The molecule has 0 bridgehead atoms. The van der Waals surface area contributed by atoms with Gasteiger partial charge in [0.2, 0.25) is 10.0 Å². The van der Waals surface area contributed by atoms with E-state index in [9.17, 15) is 8.42 Å². The van der Waals surface area contributed by atoms with Crippen molar-refractivity contribution in [3.8, 4) is 0 Å². The smallest absolute Gasteiger partial charge is 0.243 e. The lowest BCUT2D eigenvalue weighted by Gasteiger charge is -2.36. The number of hydrogen-bond acceptors (Lipinski definition) is 3. The third kappa shape index (κ3) is 3.19. The largest absolute Gasteiger partial charge is 0.369 e. The summed E-state index contributed by atoms with van der Waals surface area (Å²) in [5.41, 5.74) is 4.54. The molecule has 1 fully saturated rings. The van der Waals surface area contributed by atoms with Crippen LogP contribution in [0.1, 0.15) is 16.7 Å². The molecule has 0 radical (unpaired) electrons. The fourth-order valence-corrected chi connectivity index (χ4v) is 4.62. The molecule has 2 aromatic carbocycles. The van der Waals surface area contributed by atoms with Crippen molar-refractivity contribution < 1.29 is 8.42 Å². The third-order valence-electron chi connectivity index (χ3n) is 4.81. The normalized spacial score (nSPS) is 16.4. The summed E-state index contributed by atoms with van der Waals surface area (Å²) in [7, 11) is -3.41. The standard InChI is InChI=1S/C19H24N2O2S/c1-15-8-9-18(14-17(15)3)24(22,23)21-12-10-20(11-13-21)19-7-5-4-6-16(19)2/h4-9,14H,10-13H2,1-3H3. The molecule has 0 saturated carbocycles. The number of piperazine rings is 1. The Kier molecular flexibility index (Phi) is 4.65. The van der Waals surface area contributed by atoms with Crippen molar-refractivity contribution in [3.05, 3.63) is 59.2 Å². The van der Waals surface area contributed by atoms with Crippen molar-refractivity contribution >= 4 is 15.7 Å². The highest BCUT2D eigenvalue weighted by Gasteiger charge is 2.29. The Hall–Kier alpha value is -1.85. The lowest BCUT2D eigenvalue weighted by Crippen LogP contribution is -2.48. The Balaban J connectivity index is 1.76. The Bertz CT molecular complexity index is 838. The molecule has 0 amide bonds. The maximum absolute atomic E-state index is 12.9. The van der Waals surface area contributed by atoms with Crippen molar-refractivity contribution in [3.63, 3.8) is 0 Å². The molecule has 4 nitrogen and oxygen atoms in total. The van der Waals surface area contributed by atoms with Gasteiger partial charge in [-0.2, -0.15) is 4.31 Å². The molecule has 0 aliphatic carbocycles. The van der Waals surface area contributed by atoms with Gasteiger partial charge in [-0.05, 0) is 55.7 Å². The van der Waals surface area contributed by atoms with E-state index in [0.29, 0.717) is 18.0 Å². The molecular weight excluding hydrogens is 320 g/mol. The van der Waals surface area contributed by atoms with Crippen LogP contribution >= 0.6 is 0 Å². The predicted molar refractivity (Wildman–Crippen MR) is 98.1 cm³/mol. The van der Waals surface area contributed by atoms with Gasteiger partial charge in [-0.3, -0.25) is 0 Å². The van der Waals surface area contributed by atoms with Crippen LogP contribution < -0.4 is 4.90 Å². The predicted octanol–water partition coefficient (Wildman–Crippen LogP) is 3.12. The fraction of sp³-hybridized carbons (Fsp3) is 0.368. The van der Waals surface area contributed by atoms with Crippen LogP contribution in [0, 0.1) is 20.8 Å². The van der Waals surface area contributed by atoms with Gasteiger partial charge in [0.25, 0.3) is 0 Å². The molecule has 0 unspecified atom stereocenters. The molecule has 1 aliphatic rings. The van der Waals surface area contributed by atoms with Crippen molar-refractivity contribution in [1.29, 1.82) is 0 Å². The van der Waals surface area contributed by atoms with Gasteiger partial charge in [0.1, 0.15) is 0 Å². The van der Waals surface area contributed by atoms with Gasteiger partial charge >= 0.3 is 0 Å². The van der Waals surface area contributed by atoms with Crippen LogP contribution in [0.4, 0.5) is 5.69 Å². The van der Waals surface area contributed by atoms with Gasteiger partial charge in [-0.15, -0.1) is 0 Å². The minimum Gasteiger partial charge on any atom is -0.369 e. The summed E-state index contributed by atoms with van der Waals surface area (Å²) in [4.78, 5) is 2.66. The number of nitrogens with zero attached hydrogens (tertiary/aromatic N) is 2. The molecule has 1 saturated heterocycles. The van der Waals surface area contributed by atoms with Gasteiger partial charge in [0.15, 0.2) is 0 Å². The Morgan fingerprint density at radius 2 is 1.46 bits per heavy atom. The van der Waals surface area contributed by atoms with Crippen molar-refractivity contribution in [2.45, 2.75) is 25.7 Å². The van der Waals surface area contributed by atoms with E-state index in [-0.39, 0.29) is 0 Å². The summed E-state index contributed by atoms with van der Waals surface area (Å²) in [6, 6.07) is 13.6. The maximum atomic E-state index is 12.9. The molecule has 0 spiro atoms. The topological polar surface area (TPSA) is 40.6 Å². The van der Waals surface area contributed by atoms with Crippen LogP contribution in [-0.2, 0) is 10.0 Å². The minimum absolute atomic E-state index is 0.398. The molecule has 0 atom stereocenters. The number of benzene rings is 2. The summed E-state index contributed by atoms with van der Waals surface area (Å²) in [6.45, 7) is 8.50. The first-order valence-electron chi connectivity index (χ1n) is 8.27. The molecule has 1 aliphatic heterocycles. The van der Waals surface area contributed by atoms with Crippen LogP contribution in [-0.4, -0.2) is 38.9 Å². The Morgan fingerprint density at radius 1 is 0.792 bits per heavy atom. The highest BCUT2D eigenvalue weighted by Crippen LogP contribution is 2.24. The van der Waals surface area contributed by atoms with Gasteiger partial charge in [-0.25, -0.2) is 8.42 Å². The summed E-state index contributed by atoms with van der Waals surface area (Å²) in [5, 5.41) is 0. The van der Waals surface area contributed by atoms with Crippen molar-refractivity contribution in [1.82, 2.24) is 4.31 Å². The minimum atomic E-state index is -3.41. The van der Waals surface area contributed by atoms with Crippen LogP contribution in [0.2, 0.25) is 0 Å². The van der Waals surface area contributed by atoms with Gasteiger partial charge < -0.3 is 4.90 Å². The second-order valence-electron chi connectivity index (χ2n) is 6.42. The van der Waals surface area contributed by atoms with E-state index in [0.717, 1.165) is 24.2 Å². The van der Waals surface area contributed by atoms with E-state index in [1.54, 1.807) is 16.4 Å². The molecule has 5 heteroatoms. The lowest BCUT2D eigenvalue weighted by molar-refractivity contribution is 0.384. The number of aryl methyl sites for hydroxylation is 3. The van der Waals surface area contributed by atoms with Crippen LogP contribution in [0.15, 0.2) is 47.4 Å². The Labute approximate surface area is 144 Å². The highest BCUT2D eigenvalue weighted by molar-refractivity contribution is 7.89. The van der Waals surface area contributed by atoms with E-state index in [2.05, 4.69) is 24.0 Å². The summed E-state index contributed by atoms with van der Waals surface area (Å²) >= 11 is 0. The van der Waals surface area contributed by atoms with Gasteiger partial charge in [0, 0.05) is 31.9 Å². The first kappa shape index (κ1) is 17.0. The fourth-order valence-electron chi connectivity index (χ4n) is 3.11. The molecule has 0 N–H and O–H groups in total. The molecule has 24 heavy (non-hydrogen) atoms. The number of sulfonamides is 1. The highest BCUT2D eigenvalue weighted by atomic mass is 32.2. The van der Waals surface area contributed by atoms with E-state index >= 15 is 0 Å². The van der Waals surface area contributed by atoms with Crippen molar-refractivity contribution in [2.75, 3.05) is 31.1 Å². The zero-order chi connectivity index (χ0) is 17.3. The summed E-state index contributed by atoms with van der Waals surface area (Å²) in [5.74, 6) is 0. The van der Waals surface area contributed by atoms with E-state index in [1.807, 2.05) is 32.0 Å². The molecule has 0 aromatic heterocycles. The number of hydrogen-bond donors (Lipinski definition) is 0. The maximum Gasteiger partial charge on any atom is 0.243 e. The Morgan fingerprint density at radius 3 is 2.08 bits per heavy atom. The quantitative estimate of drug-likeness (QED) is 0.859. The molecule has 128 valence electrons. The summed E-state index contributed by atoms with van der Waals surface area (Å²) < 4.78 is 27.3. The SMILES string of the molecule is Cc1ccc(S(=O)(=O)N2CCN(c3ccccc3C)CC2)cc1C. The van der Waals surface area contributed by atoms with E-state index in [4.69, 9.17) is 0 Å². The zero-order valence-corrected chi connectivity index (χ0v) is 15.3. The van der Waals surface area contributed by atoms with Gasteiger partial charge in [-0.1, -0.05) is 24.3 Å². The zero-order valence-electron chi connectivity index (χ0n) is 14.5. The number of rotatable bonds is 3. The molecule has 2 aromatic rings. The second-order valence-corrected chi connectivity index (χ2v) is 8.36. The number of anilines is 1. The van der Waals surface area contributed by atoms with Crippen molar-refractivity contribution in [2.24, 2.45) is 0 Å². The molecule has 1 heterocycles. The molecular formula is C19H24N2O2S. The average molecular weight is 344 g/mol. The van der Waals surface area contributed by atoms with Gasteiger partial charge in [0.05, 0.1) is 4.90 Å². The van der Waals surface area contributed by atoms with Crippen LogP contribution in [0.5, 0.6) is 0 Å². The summed E-state index contributed by atoms with van der Waals surface area (Å²) in [6.07, 6.45) is 0. The monoisotopic (exact) mass is 344 g/mol. The van der Waals surface area contributed by atoms with Crippen LogP contribution in [0.3, 0.4) is 0 Å². The van der Waals surface area contributed by atoms with E-state index in [1.165, 1.54) is 11.3 Å². The third-order valence-corrected chi connectivity index (χ3v) is 6.71. The van der Waals surface area contributed by atoms with Crippen LogP contribution in [0.25, 0.3) is 0 Å². The lowest BCUT2D eigenvalue weighted by atomic mass is 10.1. The van der Waals surface area contributed by atoms with E-state index < -0.39 is 10.0 Å².